The Kier molecular flexibility index (Phi) is 4.90. The molecular weight excluding hydrogens is 373 g/mol. The van der Waals surface area contributed by atoms with Crippen LogP contribution in [0.4, 0.5) is 13.2 Å². The zero-order chi connectivity index (χ0) is 20.5. The highest BCUT2D eigenvalue weighted by atomic mass is 19.4. The van der Waals surface area contributed by atoms with Crippen LogP contribution in [0.3, 0.4) is 0 Å². The average molecular weight is 386 g/mol. The number of benzene rings is 2. The number of rotatable bonds is 4. The van der Waals surface area contributed by atoms with E-state index in [-0.39, 0.29) is 5.69 Å². The van der Waals surface area contributed by atoms with E-state index in [9.17, 15) is 23.1 Å². The Morgan fingerprint density at radius 1 is 1.14 bits per heavy atom. The second-order valence-corrected chi connectivity index (χ2v) is 5.92. The SMILES string of the molecule is N#Cc1cccc(C(O)c2cccc(-n3nc(C(F)(F)F)cc3C(N)=O)c2)c1. The van der Waals surface area contributed by atoms with E-state index in [0.29, 0.717) is 22.8 Å². The predicted octanol–water partition coefficient (Wildman–Crippen LogP) is 2.94. The minimum absolute atomic E-state index is 0.122. The molecule has 1 heterocycles. The number of amides is 1. The van der Waals surface area contributed by atoms with Gasteiger partial charge in [-0.1, -0.05) is 24.3 Å². The van der Waals surface area contributed by atoms with Gasteiger partial charge in [0.05, 0.1) is 17.3 Å². The van der Waals surface area contributed by atoms with Gasteiger partial charge in [0.2, 0.25) is 0 Å². The molecule has 3 aromatic rings. The topological polar surface area (TPSA) is 105 Å². The van der Waals surface area contributed by atoms with Crippen molar-refractivity contribution in [3.05, 3.63) is 82.7 Å². The minimum Gasteiger partial charge on any atom is -0.384 e. The molecule has 3 N–H and O–H groups in total. The molecule has 0 aliphatic rings. The molecule has 0 aliphatic heterocycles. The fraction of sp³-hybridized carbons (Fsp3) is 0.105. The van der Waals surface area contributed by atoms with Crippen molar-refractivity contribution in [2.45, 2.75) is 12.3 Å². The number of hydrogen-bond acceptors (Lipinski definition) is 4. The van der Waals surface area contributed by atoms with Gasteiger partial charge < -0.3 is 10.8 Å². The first-order valence-corrected chi connectivity index (χ1v) is 7.96. The molecule has 1 unspecified atom stereocenters. The summed E-state index contributed by atoms with van der Waals surface area (Å²) in [6, 6.07) is 14.7. The van der Waals surface area contributed by atoms with Gasteiger partial charge in [-0.15, -0.1) is 0 Å². The summed E-state index contributed by atoms with van der Waals surface area (Å²) in [4.78, 5) is 11.6. The number of primary amides is 1. The molecule has 0 fully saturated rings. The van der Waals surface area contributed by atoms with Gasteiger partial charge in [0.25, 0.3) is 5.91 Å². The molecule has 0 saturated heterocycles. The summed E-state index contributed by atoms with van der Waals surface area (Å²) < 4.78 is 39.7. The van der Waals surface area contributed by atoms with Crippen molar-refractivity contribution in [2.75, 3.05) is 0 Å². The monoisotopic (exact) mass is 386 g/mol. The van der Waals surface area contributed by atoms with E-state index in [1.165, 1.54) is 24.3 Å². The van der Waals surface area contributed by atoms with E-state index < -0.39 is 29.6 Å². The summed E-state index contributed by atoms with van der Waals surface area (Å²) in [5, 5.41) is 23.0. The van der Waals surface area contributed by atoms with Crippen LogP contribution in [0, 0.1) is 11.3 Å². The smallest absolute Gasteiger partial charge is 0.384 e. The lowest BCUT2D eigenvalue weighted by Crippen LogP contribution is -2.17. The zero-order valence-electron chi connectivity index (χ0n) is 14.2. The molecule has 0 spiro atoms. The van der Waals surface area contributed by atoms with Crippen molar-refractivity contribution < 1.29 is 23.1 Å². The molecular formula is C19H13F3N4O2. The van der Waals surface area contributed by atoms with Crippen LogP contribution in [-0.4, -0.2) is 20.8 Å². The van der Waals surface area contributed by atoms with Crippen LogP contribution in [0.5, 0.6) is 0 Å². The lowest BCUT2D eigenvalue weighted by atomic mass is 9.99. The second-order valence-electron chi connectivity index (χ2n) is 5.92. The molecule has 0 saturated carbocycles. The first-order chi connectivity index (χ1) is 13.2. The Labute approximate surface area is 157 Å². The molecule has 3 rings (SSSR count). The standard InChI is InChI=1S/C19H13F3N4O2/c20-19(21,22)16-9-15(18(24)28)26(25-16)14-6-2-5-13(8-14)17(27)12-4-1-3-11(7-12)10-23/h1-9,17,27H,(H2,24,28). The second kappa shape index (κ2) is 7.17. The van der Waals surface area contributed by atoms with Crippen LogP contribution in [0.15, 0.2) is 54.6 Å². The zero-order valence-corrected chi connectivity index (χ0v) is 14.2. The number of carbonyl (C=O) groups is 1. The quantitative estimate of drug-likeness (QED) is 0.719. The maximum Gasteiger partial charge on any atom is 0.435 e. The molecule has 1 atom stereocenters. The summed E-state index contributed by atoms with van der Waals surface area (Å²) in [5.74, 6) is -1.07. The number of aromatic nitrogens is 2. The highest BCUT2D eigenvalue weighted by Crippen LogP contribution is 2.30. The number of nitrogens with zero attached hydrogens (tertiary/aromatic N) is 3. The lowest BCUT2D eigenvalue weighted by molar-refractivity contribution is -0.141. The Hall–Kier alpha value is -3.64. The lowest BCUT2D eigenvalue weighted by Gasteiger charge is -2.14. The minimum atomic E-state index is -4.75. The van der Waals surface area contributed by atoms with Crippen molar-refractivity contribution in [3.8, 4) is 11.8 Å². The molecule has 142 valence electrons. The Balaban J connectivity index is 2.05. The Bertz CT molecular complexity index is 1080. The van der Waals surface area contributed by atoms with Crippen LogP contribution in [0.2, 0.25) is 0 Å². The summed E-state index contributed by atoms with van der Waals surface area (Å²) in [7, 11) is 0. The van der Waals surface area contributed by atoms with E-state index >= 15 is 0 Å². The maximum absolute atomic E-state index is 13.0. The van der Waals surface area contributed by atoms with E-state index in [2.05, 4.69) is 5.10 Å². The van der Waals surface area contributed by atoms with Crippen molar-refractivity contribution in [3.63, 3.8) is 0 Å². The number of aliphatic hydroxyl groups is 1. The number of halogens is 3. The van der Waals surface area contributed by atoms with Crippen LogP contribution in [-0.2, 0) is 6.18 Å². The number of alkyl halides is 3. The van der Waals surface area contributed by atoms with Gasteiger partial charge in [0, 0.05) is 6.07 Å². The molecule has 0 radical (unpaired) electrons. The van der Waals surface area contributed by atoms with Crippen LogP contribution in [0.25, 0.3) is 5.69 Å². The highest BCUT2D eigenvalue weighted by molar-refractivity contribution is 5.91. The van der Waals surface area contributed by atoms with E-state index in [1.807, 2.05) is 6.07 Å². The molecule has 28 heavy (non-hydrogen) atoms. The molecule has 9 heteroatoms. The first-order valence-electron chi connectivity index (χ1n) is 7.96. The molecule has 0 bridgehead atoms. The number of nitriles is 1. The predicted molar refractivity (Wildman–Crippen MR) is 92.3 cm³/mol. The number of carbonyl (C=O) groups excluding carboxylic acids is 1. The van der Waals surface area contributed by atoms with Gasteiger partial charge >= 0.3 is 6.18 Å². The number of nitrogens with two attached hydrogens (primary N) is 1. The van der Waals surface area contributed by atoms with Crippen molar-refractivity contribution in [1.82, 2.24) is 9.78 Å². The fourth-order valence-corrected chi connectivity index (χ4v) is 2.69. The van der Waals surface area contributed by atoms with E-state index in [1.54, 1.807) is 24.3 Å². The van der Waals surface area contributed by atoms with Crippen LogP contribution < -0.4 is 5.73 Å². The first kappa shape index (κ1) is 19.1. The van der Waals surface area contributed by atoms with Gasteiger partial charge in [-0.25, -0.2) is 4.68 Å². The third kappa shape index (κ3) is 3.72. The largest absolute Gasteiger partial charge is 0.435 e. The number of hydrogen-bond donors (Lipinski definition) is 2. The highest BCUT2D eigenvalue weighted by Gasteiger charge is 2.36. The Morgan fingerprint density at radius 3 is 2.39 bits per heavy atom. The Morgan fingerprint density at radius 2 is 1.79 bits per heavy atom. The molecule has 0 aliphatic carbocycles. The van der Waals surface area contributed by atoms with Gasteiger partial charge in [-0.05, 0) is 35.4 Å². The van der Waals surface area contributed by atoms with Gasteiger partial charge in [-0.3, -0.25) is 4.79 Å². The molecule has 1 aromatic heterocycles. The van der Waals surface area contributed by atoms with Crippen LogP contribution >= 0.6 is 0 Å². The third-order valence-electron chi connectivity index (χ3n) is 4.01. The average Bonchev–Trinajstić information content (AvgIpc) is 3.14. The summed E-state index contributed by atoms with van der Waals surface area (Å²) >= 11 is 0. The number of aliphatic hydroxyl groups excluding tert-OH is 1. The molecule has 6 nitrogen and oxygen atoms in total. The van der Waals surface area contributed by atoms with Gasteiger partial charge in [0.15, 0.2) is 5.69 Å². The van der Waals surface area contributed by atoms with Crippen molar-refractivity contribution in [1.29, 1.82) is 5.26 Å². The van der Waals surface area contributed by atoms with Gasteiger partial charge in [-0.2, -0.15) is 23.5 Å². The normalized spacial score (nSPS) is 12.4. The summed E-state index contributed by atoms with van der Waals surface area (Å²) in [6.45, 7) is 0. The summed E-state index contributed by atoms with van der Waals surface area (Å²) in [5.41, 5.74) is 4.74. The van der Waals surface area contributed by atoms with Crippen molar-refractivity contribution >= 4 is 5.91 Å². The fourth-order valence-electron chi connectivity index (χ4n) is 2.69. The molecule has 1 amide bonds. The third-order valence-corrected chi connectivity index (χ3v) is 4.01. The molecule has 2 aromatic carbocycles. The van der Waals surface area contributed by atoms with E-state index in [0.717, 1.165) is 4.68 Å². The van der Waals surface area contributed by atoms with Crippen molar-refractivity contribution in [2.24, 2.45) is 5.73 Å². The summed E-state index contributed by atoms with van der Waals surface area (Å²) in [6.07, 6.45) is -5.88. The van der Waals surface area contributed by atoms with Crippen LogP contribution in [0.1, 0.15) is 39.0 Å². The maximum atomic E-state index is 13.0. The van der Waals surface area contributed by atoms with Gasteiger partial charge in [0.1, 0.15) is 11.8 Å². The van der Waals surface area contributed by atoms with E-state index in [4.69, 9.17) is 11.0 Å².